The number of benzene rings is 1. The van der Waals surface area contributed by atoms with E-state index in [4.69, 9.17) is 9.47 Å². The molecule has 2 aromatic rings. The molecule has 7 heteroatoms. The fourth-order valence-corrected chi connectivity index (χ4v) is 2.40. The third kappa shape index (κ3) is 4.13. The van der Waals surface area contributed by atoms with E-state index in [1.54, 1.807) is 42.2 Å². The zero-order valence-corrected chi connectivity index (χ0v) is 14.4. The number of rotatable bonds is 5. The summed E-state index contributed by atoms with van der Waals surface area (Å²) in [5.41, 5.74) is 1.18. The molecule has 0 bridgehead atoms. The molecule has 122 valence electrons. The average Bonchev–Trinajstić information content (AvgIpc) is 3.07. The molecule has 0 fully saturated rings. The fourth-order valence-electron chi connectivity index (χ4n) is 2.03. The van der Waals surface area contributed by atoms with Crippen molar-refractivity contribution in [3.63, 3.8) is 0 Å². The molecule has 1 heterocycles. The van der Waals surface area contributed by atoms with E-state index in [0.29, 0.717) is 5.56 Å². The molecule has 0 atom stereocenters. The van der Waals surface area contributed by atoms with E-state index in [1.165, 1.54) is 12.1 Å². The molecule has 1 aromatic carbocycles. The number of nitrogens with zero attached hydrogens (tertiary/aromatic N) is 2. The van der Waals surface area contributed by atoms with Crippen LogP contribution in [-0.2, 0) is 16.0 Å². The van der Waals surface area contributed by atoms with Gasteiger partial charge in [0.05, 0.1) is 25.8 Å². The van der Waals surface area contributed by atoms with E-state index in [2.05, 4.69) is 15.9 Å². The number of amides is 1. The van der Waals surface area contributed by atoms with Crippen molar-refractivity contribution in [2.45, 2.75) is 13.5 Å². The Bertz CT molecular complexity index is 685. The van der Waals surface area contributed by atoms with Crippen molar-refractivity contribution < 1.29 is 19.1 Å². The highest BCUT2D eigenvalue weighted by Crippen LogP contribution is 2.21. The lowest BCUT2D eigenvalue weighted by molar-refractivity contribution is 0.0600. The molecular weight excluding hydrogens is 364 g/mol. The Morgan fingerprint density at radius 1 is 1.26 bits per heavy atom. The summed E-state index contributed by atoms with van der Waals surface area (Å²) in [6.07, 6.45) is 3.02. The molecule has 0 aliphatic rings. The molecule has 1 amide bonds. The first kappa shape index (κ1) is 17.1. The number of hydrogen-bond acceptors (Lipinski definition) is 4. The summed E-state index contributed by atoms with van der Waals surface area (Å²) in [4.78, 5) is 23.9. The second-order valence-corrected chi connectivity index (χ2v) is 5.47. The predicted molar refractivity (Wildman–Crippen MR) is 88.9 cm³/mol. The maximum atomic E-state index is 12.2. The van der Waals surface area contributed by atoms with Gasteiger partial charge < -0.3 is 9.47 Å². The summed E-state index contributed by atoms with van der Waals surface area (Å²) in [5, 5.41) is 1.44. The molecule has 2 rings (SSSR count). The molecule has 23 heavy (non-hydrogen) atoms. The zero-order chi connectivity index (χ0) is 16.8. The third-order valence-corrected chi connectivity index (χ3v) is 3.91. The van der Waals surface area contributed by atoms with Crippen LogP contribution in [-0.4, -0.2) is 30.5 Å². The molecule has 0 saturated carbocycles. The minimum atomic E-state index is -0.473. The number of carbonyl (C=O) groups excluding carboxylic acids is 2. The first-order valence-corrected chi connectivity index (χ1v) is 7.80. The number of aromatic nitrogens is 1. The quantitative estimate of drug-likeness (QED) is 0.746. The van der Waals surface area contributed by atoms with Crippen LogP contribution < -0.4 is 5.01 Å². The molecule has 0 aliphatic carbocycles. The minimum absolute atomic E-state index is 0.235. The number of carbonyl (C=O) groups is 2. The van der Waals surface area contributed by atoms with Gasteiger partial charge in [0.15, 0.2) is 0 Å². The maximum Gasteiger partial charge on any atom is 0.429 e. The Labute approximate surface area is 142 Å². The Balaban J connectivity index is 2.32. The lowest BCUT2D eigenvalue weighted by Crippen LogP contribution is -2.39. The Morgan fingerprint density at radius 2 is 1.96 bits per heavy atom. The minimum Gasteiger partial charge on any atom is -0.465 e. The van der Waals surface area contributed by atoms with E-state index in [1.807, 2.05) is 12.1 Å². The molecular formula is C16H17BrN2O4. The number of esters is 1. The van der Waals surface area contributed by atoms with E-state index < -0.39 is 12.1 Å². The van der Waals surface area contributed by atoms with E-state index in [9.17, 15) is 9.59 Å². The van der Waals surface area contributed by atoms with Crippen LogP contribution >= 0.6 is 15.9 Å². The molecule has 0 aliphatic heterocycles. The van der Waals surface area contributed by atoms with Gasteiger partial charge in [-0.2, -0.15) is 0 Å². The van der Waals surface area contributed by atoms with Gasteiger partial charge in [-0.25, -0.2) is 14.6 Å². The van der Waals surface area contributed by atoms with Gasteiger partial charge in [-0.15, -0.1) is 0 Å². The van der Waals surface area contributed by atoms with Gasteiger partial charge in [0.2, 0.25) is 0 Å². The van der Waals surface area contributed by atoms with Crippen molar-refractivity contribution in [3.05, 3.63) is 58.3 Å². The second-order valence-electron chi connectivity index (χ2n) is 4.62. The third-order valence-electron chi connectivity index (χ3n) is 3.13. The van der Waals surface area contributed by atoms with Crippen molar-refractivity contribution in [2.75, 3.05) is 18.7 Å². The molecule has 0 spiro atoms. The summed E-state index contributed by atoms with van der Waals surface area (Å²) < 4.78 is 12.2. The maximum absolute atomic E-state index is 12.2. The summed E-state index contributed by atoms with van der Waals surface area (Å²) in [6.45, 7) is 2.26. The first-order valence-electron chi connectivity index (χ1n) is 7.01. The van der Waals surface area contributed by atoms with E-state index >= 15 is 0 Å². The summed E-state index contributed by atoms with van der Waals surface area (Å²) in [7, 11) is 1.33. The average molecular weight is 381 g/mol. The van der Waals surface area contributed by atoms with E-state index in [-0.39, 0.29) is 13.2 Å². The van der Waals surface area contributed by atoms with Crippen molar-refractivity contribution in [1.29, 1.82) is 0 Å². The number of methoxy groups -OCH3 is 1. The van der Waals surface area contributed by atoms with Crippen LogP contribution in [0.4, 0.5) is 4.79 Å². The Hall–Kier alpha value is -2.28. The van der Waals surface area contributed by atoms with Crippen molar-refractivity contribution in [1.82, 2.24) is 4.68 Å². The summed E-state index contributed by atoms with van der Waals surface area (Å²) in [6, 6.07) is 8.72. The largest absolute Gasteiger partial charge is 0.465 e. The monoisotopic (exact) mass is 380 g/mol. The highest BCUT2D eigenvalue weighted by molar-refractivity contribution is 9.10. The second kappa shape index (κ2) is 7.82. The Morgan fingerprint density at radius 3 is 2.57 bits per heavy atom. The van der Waals surface area contributed by atoms with E-state index in [0.717, 1.165) is 10.0 Å². The van der Waals surface area contributed by atoms with Crippen LogP contribution in [0.2, 0.25) is 0 Å². The Kier molecular flexibility index (Phi) is 5.81. The van der Waals surface area contributed by atoms with Crippen molar-refractivity contribution >= 4 is 28.0 Å². The first-order chi connectivity index (χ1) is 11.1. The van der Waals surface area contributed by atoms with Gasteiger partial charge >= 0.3 is 12.1 Å². The molecule has 0 radical (unpaired) electrons. The smallest absolute Gasteiger partial charge is 0.429 e. The molecule has 1 aromatic heterocycles. The van der Waals surface area contributed by atoms with Gasteiger partial charge in [0.1, 0.15) is 0 Å². The lowest BCUT2D eigenvalue weighted by Gasteiger charge is -2.23. The van der Waals surface area contributed by atoms with Gasteiger partial charge in [-0.3, -0.25) is 4.68 Å². The van der Waals surface area contributed by atoms with Gasteiger partial charge in [0.25, 0.3) is 0 Å². The molecule has 0 saturated heterocycles. The van der Waals surface area contributed by atoms with Crippen LogP contribution in [0.25, 0.3) is 0 Å². The van der Waals surface area contributed by atoms with Crippen LogP contribution in [0.5, 0.6) is 0 Å². The topological polar surface area (TPSA) is 60.8 Å². The zero-order valence-electron chi connectivity index (χ0n) is 12.9. The summed E-state index contributed by atoms with van der Waals surface area (Å²) in [5.74, 6) is -0.428. The summed E-state index contributed by atoms with van der Waals surface area (Å²) >= 11 is 3.44. The highest BCUT2D eigenvalue weighted by atomic mass is 79.9. The molecule has 0 N–H and O–H groups in total. The standard InChI is InChI=1S/C16H17BrN2O4/c1-3-23-16(21)19(18-8-4-5-9-18)11-13-10-12(15(20)22-2)6-7-14(13)17/h4-10H,3,11H2,1-2H3. The van der Waals surface area contributed by atoms with Crippen LogP contribution in [0, 0.1) is 0 Å². The number of halogens is 1. The normalized spacial score (nSPS) is 10.2. The van der Waals surface area contributed by atoms with Crippen LogP contribution in [0.3, 0.4) is 0 Å². The lowest BCUT2D eigenvalue weighted by atomic mass is 10.1. The van der Waals surface area contributed by atoms with Gasteiger partial charge in [-0.1, -0.05) is 15.9 Å². The highest BCUT2D eigenvalue weighted by Gasteiger charge is 2.19. The van der Waals surface area contributed by atoms with Gasteiger partial charge in [-0.05, 0) is 42.8 Å². The predicted octanol–water partition coefficient (Wildman–Crippen LogP) is 3.33. The van der Waals surface area contributed by atoms with Crippen LogP contribution in [0.15, 0.2) is 47.2 Å². The van der Waals surface area contributed by atoms with Crippen molar-refractivity contribution in [2.24, 2.45) is 0 Å². The molecule has 6 nitrogen and oxygen atoms in total. The van der Waals surface area contributed by atoms with Gasteiger partial charge in [0, 0.05) is 16.9 Å². The number of hydrogen-bond donors (Lipinski definition) is 0. The molecule has 0 unspecified atom stereocenters. The SMILES string of the molecule is CCOC(=O)N(Cc1cc(C(=O)OC)ccc1Br)n1cccc1. The van der Waals surface area contributed by atoms with Crippen molar-refractivity contribution in [3.8, 4) is 0 Å². The van der Waals surface area contributed by atoms with Crippen LogP contribution in [0.1, 0.15) is 22.8 Å². The number of ether oxygens (including phenoxy) is 2. The fraction of sp³-hybridized carbons (Fsp3) is 0.250.